The van der Waals surface area contributed by atoms with Gasteiger partial charge in [0.2, 0.25) is 0 Å². The van der Waals surface area contributed by atoms with Gasteiger partial charge in [0.05, 0.1) is 12.3 Å². The Hall–Kier alpha value is -1.46. The zero-order chi connectivity index (χ0) is 9.80. The molecule has 0 fully saturated rings. The molecule has 2 rings (SSSR count). The molecule has 0 spiro atoms. The van der Waals surface area contributed by atoms with Crippen LogP contribution in [0, 0.1) is 0 Å². The lowest BCUT2D eigenvalue weighted by Crippen LogP contribution is -1.96. The maximum atomic E-state index is 8.88. The van der Waals surface area contributed by atoms with Gasteiger partial charge in [-0.05, 0) is 12.1 Å². The third kappa shape index (κ3) is 2.07. The van der Waals surface area contributed by atoms with Crippen LogP contribution in [0.15, 0.2) is 34.8 Å². The van der Waals surface area contributed by atoms with Crippen molar-refractivity contribution in [1.82, 2.24) is 9.97 Å². The molecule has 0 aromatic carbocycles. The largest absolute Gasteiger partial charge is 0.390 e. The molecule has 0 aliphatic rings. The molecule has 0 saturated carbocycles. The van der Waals surface area contributed by atoms with Crippen LogP contribution in [0.1, 0.15) is 5.69 Å². The van der Waals surface area contributed by atoms with E-state index in [-0.39, 0.29) is 6.61 Å². The second kappa shape index (κ2) is 4.17. The minimum Gasteiger partial charge on any atom is -0.390 e. The molecule has 0 saturated heterocycles. The highest BCUT2D eigenvalue weighted by Gasteiger charge is 1.93. The van der Waals surface area contributed by atoms with Crippen molar-refractivity contribution < 1.29 is 5.11 Å². The number of thiazole rings is 1. The van der Waals surface area contributed by atoms with Crippen LogP contribution < -0.4 is 4.80 Å². The zero-order valence-electron chi connectivity index (χ0n) is 7.34. The van der Waals surface area contributed by atoms with Crippen molar-refractivity contribution >= 4 is 17.2 Å². The average molecular weight is 207 g/mol. The number of aromatic amines is 1. The minimum atomic E-state index is -0.0580. The summed E-state index contributed by atoms with van der Waals surface area (Å²) >= 11 is 1.51. The Kier molecular flexibility index (Phi) is 2.71. The molecule has 2 aromatic rings. The van der Waals surface area contributed by atoms with Gasteiger partial charge in [-0.1, -0.05) is 6.07 Å². The van der Waals surface area contributed by atoms with Crippen LogP contribution in [0.2, 0.25) is 0 Å². The Morgan fingerprint density at radius 2 is 2.43 bits per heavy atom. The van der Waals surface area contributed by atoms with Crippen molar-refractivity contribution in [2.24, 2.45) is 4.99 Å². The lowest BCUT2D eigenvalue weighted by Gasteiger charge is -1.95. The second-order valence-electron chi connectivity index (χ2n) is 2.63. The molecule has 0 aliphatic carbocycles. The van der Waals surface area contributed by atoms with Gasteiger partial charge in [-0.25, -0.2) is 9.98 Å². The zero-order valence-corrected chi connectivity index (χ0v) is 8.16. The lowest BCUT2D eigenvalue weighted by molar-refractivity contribution is 0.277. The maximum Gasteiger partial charge on any atom is 0.188 e. The van der Waals surface area contributed by atoms with Crippen LogP contribution in [0.3, 0.4) is 0 Å². The average Bonchev–Trinajstić information content (AvgIpc) is 2.71. The highest BCUT2D eigenvalue weighted by atomic mass is 32.1. The number of pyridine rings is 1. The van der Waals surface area contributed by atoms with E-state index in [0.29, 0.717) is 11.5 Å². The second-order valence-corrected chi connectivity index (χ2v) is 3.52. The topological polar surface area (TPSA) is 61.3 Å². The Balaban J connectivity index is 2.39. The molecule has 2 N–H and O–H groups in total. The maximum absolute atomic E-state index is 8.88. The van der Waals surface area contributed by atoms with Crippen molar-refractivity contribution in [2.45, 2.75) is 6.61 Å². The van der Waals surface area contributed by atoms with Gasteiger partial charge in [0.1, 0.15) is 0 Å². The van der Waals surface area contributed by atoms with E-state index in [9.17, 15) is 0 Å². The highest BCUT2D eigenvalue weighted by molar-refractivity contribution is 7.07. The van der Waals surface area contributed by atoms with Crippen LogP contribution in [0.5, 0.6) is 0 Å². The van der Waals surface area contributed by atoms with E-state index in [1.807, 2.05) is 17.6 Å². The van der Waals surface area contributed by atoms with Crippen LogP contribution >= 0.6 is 11.3 Å². The van der Waals surface area contributed by atoms with Crippen molar-refractivity contribution in [3.63, 3.8) is 0 Å². The summed E-state index contributed by atoms with van der Waals surface area (Å²) in [6.07, 6.45) is 1.82. The van der Waals surface area contributed by atoms with E-state index >= 15 is 0 Å². The van der Waals surface area contributed by atoms with E-state index in [1.54, 1.807) is 12.1 Å². The highest BCUT2D eigenvalue weighted by Crippen LogP contribution is 2.07. The lowest BCUT2D eigenvalue weighted by atomic mass is 10.3. The predicted molar refractivity (Wildman–Crippen MR) is 54.1 cm³/mol. The molecule has 14 heavy (non-hydrogen) atoms. The number of H-pyrrole nitrogens is 1. The number of aromatic nitrogens is 2. The summed E-state index contributed by atoms with van der Waals surface area (Å²) in [6.45, 7) is -0.0580. The van der Waals surface area contributed by atoms with Gasteiger partial charge in [0.25, 0.3) is 0 Å². The Bertz CT molecular complexity index is 458. The van der Waals surface area contributed by atoms with Gasteiger partial charge < -0.3 is 10.1 Å². The third-order valence-electron chi connectivity index (χ3n) is 1.62. The summed E-state index contributed by atoms with van der Waals surface area (Å²) in [7, 11) is 0. The normalized spacial score (nSPS) is 11.9. The van der Waals surface area contributed by atoms with Crippen molar-refractivity contribution in [2.75, 3.05) is 0 Å². The van der Waals surface area contributed by atoms with E-state index < -0.39 is 0 Å². The molecular formula is C9H9N3OS. The first-order valence-corrected chi connectivity index (χ1v) is 5.00. The number of nitrogens with one attached hydrogen (secondary N) is 1. The molecule has 2 aromatic heterocycles. The van der Waals surface area contributed by atoms with Crippen LogP contribution in [-0.4, -0.2) is 15.1 Å². The fourth-order valence-corrected chi connectivity index (χ4v) is 1.57. The predicted octanol–water partition coefficient (Wildman–Crippen LogP) is 1.20. The number of hydrogen-bond acceptors (Lipinski definition) is 4. The molecule has 0 aliphatic heterocycles. The van der Waals surface area contributed by atoms with E-state index in [2.05, 4.69) is 15.0 Å². The molecule has 4 nitrogen and oxygen atoms in total. The van der Waals surface area contributed by atoms with Gasteiger partial charge in [-0.2, -0.15) is 0 Å². The number of rotatable bonds is 2. The summed E-state index contributed by atoms with van der Waals surface area (Å²) in [4.78, 5) is 12.2. The van der Waals surface area contributed by atoms with Crippen LogP contribution in [-0.2, 0) is 6.61 Å². The number of nitrogens with zero attached hydrogens (tertiary/aromatic N) is 2. The first-order valence-electron chi connectivity index (χ1n) is 4.12. The fourth-order valence-electron chi connectivity index (χ4n) is 1.02. The van der Waals surface area contributed by atoms with Crippen molar-refractivity contribution in [3.8, 4) is 0 Å². The van der Waals surface area contributed by atoms with Gasteiger partial charge in [-0.15, -0.1) is 11.3 Å². The minimum absolute atomic E-state index is 0.0580. The molecule has 0 amide bonds. The standard InChI is InChI=1S/C9H9N3OS/c13-6-7-2-1-3-8(11-7)12-9-10-4-5-14-9/h1-5,13H,6H2,(H,10,11,12). The van der Waals surface area contributed by atoms with E-state index in [4.69, 9.17) is 5.11 Å². The van der Waals surface area contributed by atoms with Crippen LogP contribution in [0.25, 0.3) is 0 Å². The van der Waals surface area contributed by atoms with Crippen molar-refractivity contribution in [1.29, 1.82) is 0 Å². The summed E-state index contributed by atoms with van der Waals surface area (Å²) in [5, 5.41) is 10.8. The summed E-state index contributed by atoms with van der Waals surface area (Å²) in [6, 6.07) is 5.38. The molecule has 0 radical (unpaired) electrons. The number of hydrogen-bond donors (Lipinski definition) is 2. The molecule has 5 heteroatoms. The summed E-state index contributed by atoms with van der Waals surface area (Å²) in [5.74, 6) is 0.607. The smallest absolute Gasteiger partial charge is 0.188 e. The monoisotopic (exact) mass is 207 g/mol. The molecule has 72 valence electrons. The Morgan fingerprint density at radius 1 is 1.50 bits per heavy atom. The molecule has 2 heterocycles. The van der Waals surface area contributed by atoms with Gasteiger partial charge >= 0.3 is 0 Å². The number of aliphatic hydroxyl groups excluding tert-OH is 1. The Labute approximate surface area is 84.6 Å². The molecular weight excluding hydrogens is 198 g/mol. The SMILES string of the molecule is OCc1cccc(/N=c2/[nH]ccs2)n1. The van der Waals surface area contributed by atoms with Crippen molar-refractivity contribution in [3.05, 3.63) is 40.3 Å². The Morgan fingerprint density at radius 3 is 3.14 bits per heavy atom. The first kappa shape index (κ1) is 9.11. The molecule has 0 atom stereocenters. The number of aliphatic hydroxyl groups is 1. The molecule has 0 bridgehead atoms. The van der Waals surface area contributed by atoms with Crippen LogP contribution in [0.4, 0.5) is 5.82 Å². The first-order chi connectivity index (χ1) is 6.88. The van der Waals surface area contributed by atoms with Gasteiger partial charge in [0, 0.05) is 11.6 Å². The van der Waals surface area contributed by atoms with Gasteiger partial charge in [-0.3, -0.25) is 0 Å². The molecule has 0 unspecified atom stereocenters. The summed E-state index contributed by atoms with van der Waals surface area (Å²) < 4.78 is 0. The van der Waals surface area contributed by atoms with Gasteiger partial charge in [0.15, 0.2) is 10.6 Å². The van der Waals surface area contributed by atoms with E-state index in [0.717, 1.165) is 4.80 Å². The quantitative estimate of drug-likeness (QED) is 0.777. The third-order valence-corrected chi connectivity index (χ3v) is 2.33. The summed E-state index contributed by atoms with van der Waals surface area (Å²) in [5.41, 5.74) is 0.628. The van der Waals surface area contributed by atoms with E-state index in [1.165, 1.54) is 11.3 Å². The fraction of sp³-hybridized carbons (Fsp3) is 0.111.